The van der Waals surface area contributed by atoms with Crippen molar-refractivity contribution in [3.05, 3.63) is 21.9 Å². The van der Waals surface area contributed by atoms with Gasteiger partial charge in [-0.1, -0.05) is 19.3 Å². The van der Waals surface area contributed by atoms with Gasteiger partial charge in [0.25, 0.3) is 5.91 Å². The van der Waals surface area contributed by atoms with Crippen LogP contribution >= 0.6 is 11.3 Å². The highest BCUT2D eigenvalue weighted by Crippen LogP contribution is 2.56. The molecule has 102 valence electrons. The van der Waals surface area contributed by atoms with E-state index in [1.807, 2.05) is 0 Å². The van der Waals surface area contributed by atoms with Crippen LogP contribution in [0.5, 0.6) is 0 Å². The largest absolute Gasteiger partial charge is 0.477 e. The topological polar surface area (TPSA) is 66.4 Å². The maximum absolute atomic E-state index is 12.1. The van der Waals surface area contributed by atoms with Gasteiger partial charge < -0.3 is 10.4 Å². The molecule has 1 unspecified atom stereocenters. The molecule has 1 aromatic heterocycles. The number of amides is 1. The first kappa shape index (κ1) is 12.7. The number of aromatic carboxylic acids is 1. The first-order chi connectivity index (χ1) is 9.11. The summed E-state index contributed by atoms with van der Waals surface area (Å²) in [6.45, 7) is 0. The summed E-state index contributed by atoms with van der Waals surface area (Å²) >= 11 is 1.04. The van der Waals surface area contributed by atoms with Crippen LogP contribution in [-0.4, -0.2) is 23.0 Å². The van der Waals surface area contributed by atoms with Crippen molar-refractivity contribution >= 4 is 23.2 Å². The number of hydrogen-bond acceptors (Lipinski definition) is 3. The lowest BCUT2D eigenvalue weighted by atomic mass is 9.86. The molecule has 2 aliphatic rings. The molecule has 4 nitrogen and oxygen atoms in total. The third kappa shape index (κ3) is 2.39. The second kappa shape index (κ2) is 4.63. The van der Waals surface area contributed by atoms with Gasteiger partial charge in [-0.15, -0.1) is 11.3 Å². The molecule has 0 saturated heterocycles. The molecule has 19 heavy (non-hydrogen) atoms. The number of hydrogen-bond donors (Lipinski definition) is 2. The zero-order valence-corrected chi connectivity index (χ0v) is 11.5. The van der Waals surface area contributed by atoms with Crippen molar-refractivity contribution in [2.75, 3.05) is 0 Å². The van der Waals surface area contributed by atoms with Gasteiger partial charge in [0.2, 0.25) is 0 Å². The molecule has 5 heteroatoms. The second-order valence-electron chi connectivity index (χ2n) is 5.62. The number of carbonyl (C=O) groups is 2. The maximum Gasteiger partial charge on any atom is 0.345 e. The van der Waals surface area contributed by atoms with Gasteiger partial charge in [0.15, 0.2) is 0 Å². The predicted molar refractivity (Wildman–Crippen MR) is 72.7 cm³/mol. The Balaban J connectivity index is 1.61. The molecule has 2 N–H and O–H groups in total. The van der Waals surface area contributed by atoms with E-state index in [0.717, 1.165) is 17.8 Å². The Hall–Kier alpha value is -1.36. The Morgan fingerprint density at radius 2 is 1.89 bits per heavy atom. The van der Waals surface area contributed by atoms with Crippen molar-refractivity contribution in [3.8, 4) is 0 Å². The Morgan fingerprint density at radius 1 is 1.21 bits per heavy atom. The molecule has 1 aromatic rings. The molecule has 2 aliphatic carbocycles. The van der Waals surface area contributed by atoms with Crippen LogP contribution in [0.3, 0.4) is 0 Å². The van der Waals surface area contributed by atoms with Crippen LogP contribution in [0.25, 0.3) is 0 Å². The molecule has 1 spiro atoms. The lowest BCUT2D eigenvalue weighted by Crippen LogP contribution is -2.30. The molecule has 0 aliphatic heterocycles. The first-order valence-corrected chi connectivity index (χ1v) is 7.56. The van der Waals surface area contributed by atoms with Crippen LogP contribution < -0.4 is 5.32 Å². The summed E-state index contributed by atoms with van der Waals surface area (Å²) in [5, 5.41) is 11.9. The molecule has 1 amide bonds. The Morgan fingerprint density at radius 3 is 2.53 bits per heavy atom. The van der Waals surface area contributed by atoms with Crippen molar-refractivity contribution in [2.24, 2.45) is 5.41 Å². The molecule has 2 saturated carbocycles. The van der Waals surface area contributed by atoms with E-state index in [9.17, 15) is 9.59 Å². The smallest absolute Gasteiger partial charge is 0.345 e. The molecular weight excluding hydrogens is 262 g/mol. The summed E-state index contributed by atoms with van der Waals surface area (Å²) in [7, 11) is 0. The van der Waals surface area contributed by atoms with Crippen molar-refractivity contribution < 1.29 is 14.7 Å². The summed E-state index contributed by atoms with van der Waals surface area (Å²) < 4.78 is 0. The molecular formula is C14H17NO3S. The van der Waals surface area contributed by atoms with Gasteiger partial charge in [0.1, 0.15) is 4.88 Å². The number of rotatable bonds is 3. The summed E-state index contributed by atoms with van der Waals surface area (Å²) in [4.78, 5) is 23.6. The summed E-state index contributed by atoms with van der Waals surface area (Å²) in [6, 6.07) is 3.39. The predicted octanol–water partition coefficient (Wildman–Crippen LogP) is 2.90. The molecule has 1 heterocycles. The second-order valence-corrected chi connectivity index (χ2v) is 6.71. The molecule has 2 fully saturated rings. The molecule has 3 rings (SSSR count). The van der Waals surface area contributed by atoms with E-state index in [0.29, 0.717) is 16.3 Å². The van der Waals surface area contributed by atoms with Crippen LogP contribution in [0.2, 0.25) is 0 Å². The molecule has 0 aromatic carbocycles. The van der Waals surface area contributed by atoms with E-state index in [1.54, 1.807) is 6.07 Å². The number of carboxylic acid groups (broad SMARTS) is 1. The van der Waals surface area contributed by atoms with Crippen molar-refractivity contribution in [1.29, 1.82) is 0 Å². The minimum Gasteiger partial charge on any atom is -0.477 e. The third-order valence-corrected chi connectivity index (χ3v) is 5.46. The van der Waals surface area contributed by atoms with Gasteiger partial charge in [-0.25, -0.2) is 4.79 Å². The fourth-order valence-corrected chi connectivity index (χ4v) is 3.91. The van der Waals surface area contributed by atoms with Gasteiger partial charge in [-0.2, -0.15) is 0 Å². The Kier molecular flexibility index (Phi) is 3.09. The minimum atomic E-state index is -0.973. The van der Waals surface area contributed by atoms with Gasteiger partial charge >= 0.3 is 5.97 Å². The lowest BCUT2D eigenvalue weighted by molar-refractivity contribution is 0.0702. The highest BCUT2D eigenvalue weighted by atomic mass is 32.1. The Labute approximate surface area is 115 Å². The fourth-order valence-electron chi connectivity index (χ4n) is 3.16. The van der Waals surface area contributed by atoms with Gasteiger partial charge in [0, 0.05) is 6.04 Å². The average Bonchev–Trinajstić information content (AvgIpc) is 2.86. The quantitative estimate of drug-likeness (QED) is 0.894. The van der Waals surface area contributed by atoms with E-state index >= 15 is 0 Å². The van der Waals surface area contributed by atoms with Crippen molar-refractivity contribution in [2.45, 2.75) is 44.6 Å². The first-order valence-electron chi connectivity index (χ1n) is 6.75. The summed E-state index contributed by atoms with van der Waals surface area (Å²) in [5.41, 5.74) is 0.362. The number of nitrogens with one attached hydrogen (secondary N) is 1. The number of carbonyl (C=O) groups excluding carboxylic acids is 1. The highest BCUT2D eigenvalue weighted by molar-refractivity contribution is 7.15. The van der Waals surface area contributed by atoms with Gasteiger partial charge in [-0.05, 0) is 36.8 Å². The zero-order chi connectivity index (χ0) is 13.5. The summed E-state index contributed by atoms with van der Waals surface area (Å²) in [6.07, 6.45) is 7.40. The lowest BCUT2D eigenvalue weighted by Gasteiger charge is -2.22. The normalized spacial score (nSPS) is 24.1. The monoisotopic (exact) mass is 279 g/mol. The average molecular weight is 279 g/mol. The van der Waals surface area contributed by atoms with E-state index in [4.69, 9.17) is 5.11 Å². The summed E-state index contributed by atoms with van der Waals surface area (Å²) in [5.74, 6) is -1.09. The van der Waals surface area contributed by atoms with Crippen LogP contribution in [0.4, 0.5) is 0 Å². The van der Waals surface area contributed by atoms with Crippen LogP contribution in [0, 0.1) is 5.41 Å². The SMILES string of the molecule is O=C(O)c1ccc(C(=O)NC2CC23CCCCC3)s1. The standard InChI is InChI=1S/C14H17NO3S/c16-12(9-4-5-10(19-9)13(17)18)15-11-8-14(11)6-2-1-3-7-14/h4-5,11H,1-3,6-8H2,(H,15,16)(H,17,18). The molecule has 0 radical (unpaired) electrons. The number of thiophene rings is 1. The van der Waals surface area contributed by atoms with E-state index in [2.05, 4.69) is 5.32 Å². The van der Waals surface area contributed by atoms with Gasteiger partial charge in [0.05, 0.1) is 4.88 Å². The van der Waals surface area contributed by atoms with Crippen LogP contribution in [-0.2, 0) is 0 Å². The fraction of sp³-hybridized carbons (Fsp3) is 0.571. The maximum atomic E-state index is 12.1. The van der Waals surface area contributed by atoms with Crippen molar-refractivity contribution in [1.82, 2.24) is 5.32 Å². The van der Waals surface area contributed by atoms with E-state index < -0.39 is 5.97 Å². The molecule has 1 atom stereocenters. The van der Waals surface area contributed by atoms with Crippen molar-refractivity contribution in [3.63, 3.8) is 0 Å². The van der Waals surface area contributed by atoms with Crippen LogP contribution in [0.15, 0.2) is 12.1 Å². The van der Waals surface area contributed by atoms with Crippen LogP contribution in [0.1, 0.15) is 57.9 Å². The Bertz CT molecular complexity index is 517. The van der Waals surface area contributed by atoms with Gasteiger partial charge in [-0.3, -0.25) is 4.79 Å². The molecule has 0 bridgehead atoms. The van der Waals surface area contributed by atoms with E-state index in [-0.39, 0.29) is 10.8 Å². The third-order valence-electron chi connectivity index (χ3n) is 4.38. The van der Waals surface area contributed by atoms with E-state index in [1.165, 1.54) is 38.2 Å². The highest BCUT2D eigenvalue weighted by Gasteiger charge is 2.54. The number of carboxylic acids is 1. The minimum absolute atomic E-state index is 0.120. The zero-order valence-electron chi connectivity index (χ0n) is 10.6.